The molecule has 1 rings (SSSR count). The van der Waals surface area contributed by atoms with Gasteiger partial charge in [0.25, 0.3) is 0 Å². The molecule has 8 heteroatoms. The normalized spacial score (nSPS) is 24.0. The van der Waals surface area contributed by atoms with Crippen molar-refractivity contribution < 1.29 is 19.4 Å². The molecule has 3 amide bonds. The molecule has 0 spiro atoms. The van der Waals surface area contributed by atoms with Gasteiger partial charge in [0, 0.05) is 12.6 Å². The highest BCUT2D eigenvalue weighted by molar-refractivity contribution is 5.78. The molecule has 0 unspecified atom stereocenters. The molecule has 3 atom stereocenters. The molecule has 1 heterocycles. The average molecular weight is 344 g/mol. The highest BCUT2D eigenvalue weighted by Gasteiger charge is 2.31. The maximum Gasteiger partial charge on any atom is 0.314 e. The number of nitrogens with zero attached hydrogens (tertiary/aromatic N) is 1. The third-order valence-electron chi connectivity index (χ3n) is 3.77. The number of carbonyl (C=O) groups is 2. The Labute approximate surface area is 144 Å². The lowest BCUT2D eigenvalue weighted by Gasteiger charge is -2.36. The van der Waals surface area contributed by atoms with Crippen LogP contribution in [0.25, 0.3) is 0 Å². The van der Waals surface area contributed by atoms with Crippen LogP contribution in [0, 0.1) is 0 Å². The Morgan fingerprint density at radius 3 is 2.58 bits per heavy atom. The molecule has 0 saturated carbocycles. The number of aliphatic hydroxyl groups excluding tert-OH is 1. The molecule has 1 fully saturated rings. The zero-order chi connectivity index (χ0) is 18.1. The number of hydrogen-bond acceptors (Lipinski definition) is 5. The van der Waals surface area contributed by atoms with Crippen LogP contribution in [0.4, 0.5) is 4.79 Å². The second-order valence-electron chi connectivity index (χ2n) is 6.81. The Kier molecular flexibility index (Phi) is 9.02. The topological polar surface area (TPSA) is 103 Å². The number of carbonyl (C=O) groups excluding carboxylic acids is 2. The lowest BCUT2D eigenvalue weighted by molar-refractivity contribution is -0.129. The SMILES string of the molecule is CC(C)NC(=O)NCC[C@H]1CC[C@H](NC(=O)CN(C)C)[C@@H](CO)O1. The summed E-state index contributed by atoms with van der Waals surface area (Å²) in [5.41, 5.74) is 0. The van der Waals surface area contributed by atoms with Gasteiger partial charge in [0.15, 0.2) is 0 Å². The Morgan fingerprint density at radius 1 is 1.29 bits per heavy atom. The fraction of sp³-hybridized carbons (Fsp3) is 0.875. The summed E-state index contributed by atoms with van der Waals surface area (Å²) >= 11 is 0. The molecule has 24 heavy (non-hydrogen) atoms. The van der Waals surface area contributed by atoms with Gasteiger partial charge < -0.3 is 30.7 Å². The summed E-state index contributed by atoms with van der Waals surface area (Å²) < 4.78 is 5.87. The molecule has 0 aromatic rings. The summed E-state index contributed by atoms with van der Waals surface area (Å²) in [5.74, 6) is -0.0717. The van der Waals surface area contributed by atoms with Crippen molar-refractivity contribution in [1.82, 2.24) is 20.9 Å². The number of likely N-dealkylation sites (N-methyl/N-ethyl adjacent to an activating group) is 1. The van der Waals surface area contributed by atoms with E-state index in [9.17, 15) is 14.7 Å². The van der Waals surface area contributed by atoms with E-state index in [1.165, 1.54) is 0 Å². The van der Waals surface area contributed by atoms with Crippen LogP contribution >= 0.6 is 0 Å². The van der Waals surface area contributed by atoms with Gasteiger partial charge in [-0.1, -0.05) is 0 Å². The second kappa shape index (κ2) is 10.5. The van der Waals surface area contributed by atoms with Crippen molar-refractivity contribution >= 4 is 11.9 Å². The molecule has 0 aromatic heterocycles. The lowest BCUT2D eigenvalue weighted by Crippen LogP contribution is -2.52. The lowest BCUT2D eigenvalue weighted by atomic mass is 9.97. The minimum atomic E-state index is -0.403. The number of amides is 3. The van der Waals surface area contributed by atoms with Crippen molar-refractivity contribution in [3.8, 4) is 0 Å². The predicted molar refractivity (Wildman–Crippen MR) is 91.8 cm³/mol. The van der Waals surface area contributed by atoms with Crippen LogP contribution in [-0.2, 0) is 9.53 Å². The largest absolute Gasteiger partial charge is 0.394 e. The van der Waals surface area contributed by atoms with Crippen molar-refractivity contribution in [1.29, 1.82) is 0 Å². The second-order valence-corrected chi connectivity index (χ2v) is 6.81. The van der Waals surface area contributed by atoms with E-state index in [0.717, 1.165) is 12.8 Å². The zero-order valence-electron chi connectivity index (χ0n) is 15.2. The predicted octanol–water partition coefficient (Wildman–Crippen LogP) is -0.330. The van der Waals surface area contributed by atoms with Crippen LogP contribution in [0.2, 0.25) is 0 Å². The summed E-state index contributed by atoms with van der Waals surface area (Å²) in [4.78, 5) is 25.2. The standard InChI is InChI=1S/C16H32N4O4/c1-11(2)18-16(23)17-8-7-12-5-6-13(14(10-21)24-12)19-15(22)9-20(3)4/h11-14,21H,5-10H2,1-4H3,(H,19,22)(H2,17,18,23)/t12-,13+,14-/m1/s1. The van der Waals surface area contributed by atoms with Gasteiger partial charge >= 0.3 is 6.03 Å². The third kappa shape index (κ3) is 7.94. The third-order valence-corrected chi connectivity index (χ3v) is 3.77. The van der Waals surface area contributed by atoms with E-state index in [1.807, 2.05) is 27.9 Å². The summed E-state index contributed by atoms with van der Waals surface area (Å²) in [6.45, 7) is 4.50. The van der Waals surface area contributed by atoms with Crippen LogP contribution in [0.15, 0.2) is 0 Å². The Hall–Kier alpha value is -1.38. The number of rotatable bonds is 8. The van der Waals surface area contributed by atoms with Gasteiger partial charge in [-0.15, -0.1) is 0 Å². The molecule has 8 nitrogen and oxygen atoms in total. The van der Waals surface area contributed by atoms with Crippen molar-refractivity contribution in [2.24, 2.45) is 0 Å². The van der Waals surface area contributed by atoms with Gasteiger partial charge in [-0.3, -0.25) is 4.79 Å². The number of nitrogens with one attached hydrogen (secondary N) is 3. The molecule has 1 aliphatic heterocycles. The molecular weight excluding hydrogens is 312 g/mol. The smallest absolute Gasteiger partial charge is 0.314 e. The Balaban J connectivity index is 2.33. The van der Waals surface area contributed by atoms with Crippen LogP contribution in [0.1, 0.15) is 33.1 Å². The quantitative estimate of drug-likeness (QED) is 0.483. The molecule has 0 bridgehead atoms. The van der Waals surface area contributed by atoms with Crippen LogP contribution < -0.4 is 16.0 Å². The number of ether oxygens (including phenoxy) is 1. The van der Waals surface area contributed by atoms with Crippen LogP contribution in [0.5, 0.6) is 0 Å². The molecule has 0 aromatic carbocycles. The van der Waals surface area contributed by atoms with Crippen molar-refractivity contribution in [2.45, 2.75) is 57.4 Å². The van der Waals surface area contributed by atoms with Gasteiger partial charge in [0.2, 0.25) is 5.91 Å². The number of hydrogen-bond donors (Lipinski definition) is 4. The first-order chi connectivity index (χ1) is 11.3. The fourth-order valence-electron chi connectivity index (χ4n) is 2.71. The molecule has 0 aliphatic carbocycles. The molecular formula is C16H32N4O4. The van der Waals surface area contributed by atoms with Crippen molar-refractivity contribution in [3.63, 3.8) is 0 Å². The van der Waals surface area contributed by atoms with E-state index in [2.05, 4.69) is 16.0 Å². The molecule has 140 valence electrons. The van der Waals surface area contributed by atoms with E-state index < -0.39 is 6.10 Å². The maximum atomic E-state index is 11.9. The molecule has 1 saturated heterocycles. The Bertz CT molecular complexity index is 404. The summed E-state index contributed by atoms with van der Waals surface area (Å²) in [6, 6.07) is -0.259. The van der Waals surface area contributed by atoms with Crippen LogP contribution in [-0.4, -0.2) is 80.0 Å². The summed E-state index contributed by atoms with van der Waals surface area (Å²) in [5, 5.41) is 18.0. The summed E-state index contributed by atoms with van der Waals surface area (Å²) in [6.07, 6.45) is 1.80. The monoisotopic (exact) mass is 344 g/mol. The minimum absolute atomic E-state index is 0.0245. The first kappa shape index (κ1) is 20.7. The average Bonchev–Trinajstić information content (AvgIpc) is 2.46. The first-order valence-corrected chi connectivity index (χ1v) is 8.56. The van der Waals surface area contributed by atoms with E-state index in [4.69, 9.17) is 4.74 Å². The fourth-order valence-corrected chi connectivity index (χ4v) is 2.71. The first-order valence-electron chi connectivity index (χ1n) is 8.56. The van der Waals surface area contributed by atoms with E-state index >= 15 is 0 Å². The van der Waals surface area contributed by atoms with Gasteiger partial charge in [0.05, 0.1) is 25.3 Å². The van der Waals surface area contributed by atoms with Crippen LogP contribution in [0.3, 0.4) is 0 Å². The van der Waals surface area contributed by atoms with Crippen molar-refractivity contribution in [3.05, 3.63) is 0 Å². The highest BCUT2D eigenvalue weighted by Crippen LogP contribution is 2.21. The van der Waals surface area contributed by atoms with Gasteiger partial charge in [-0.25, -0.2) is 4.79 Å². The van der Waals surface area contributed by atoms with E-state index in [1.54, 1.807) is 4.90 Å². The van der Waals surface area contributed by atoms with Gasteiger partial charge in [-0.05, 0) is 47.2 Å². The van der Waals surface area contributed by atoms with E-state index in [-0.39, 0.29) is 36.7 Å². The molecule has 0 radical (unpaired) electrons. The van der Waals surface area contributed by atoms with Gasteiger partial charge in [0.1, 0.15) is 6.10 Å². The van der Waals surface area contributed by atoms with Gasteiger partial charge in [-0.2, -0.15) is 0 Å². The highest BCUT2D eigenvalue weighted by atomic mass is 16.5. The molecule has 4 N–H and O–H groups in total. The maximum absolute atomic E-state index is 11.9. The summed E-state index contributed by atoms with van der Waals surface area (Å²) in [7, 11) is 3.66. The minimum Gasteiger partial charge on any atom is -0.394 e. The van der Waals surface area contributed by atoms with E-state index in [0.29, 0.717) is 19.5 Å². The Morgan fingerprint density at radius 2 is 2.00 bits per heavy atom. The van der Waals surface area contributed by atoms with Crippen molar-refractivity contribution in [2.75, 3.05) is 33.8 Å². The zero-order valence-corrected chi connectivity index (χ0v) is 15.2. The number of urea groups is 1. The molecule has 1 aliphatic rings. The number of aliphatic hydroxyl groups is 1.